The van der Waals surface area contributed by atoms with Crippen LogP contribution in [0.5, 0.6) is 0 Å². The Kier molecular flexibility index (Phi) is 3.45. The number of rotatable bonds is 4. The van der Waals surface area contributed by atoms with Crippen LogP contribution in [0.1, 0.15) is 33.6 Å². The number of hydrogen-bond acceptors (Lipinski definition) is 2. The minimum absolute atomic E-state index is 0.683. The van der Waals surface area contributed by atoms with Crippen LogP contribution in [-0.4, -0.2) is 29.1 Å². The van der Waals surface area contributed by atoms with Crippen molar-refractivity contribution in [1.29, 1.82) is 0 Å². The molecule has 1 aliphatic rings. The average molecular weight is 168 g/mol. The van der Waals surface area contributed by atoms with Gasteiger partial charge in [0.2, 0.25) is 0 Å². The molecule has 0 spiro atoms. The highest BCUT2D eigenvalue weighted by Crippen LogP contribution is 2.12. The van der Waals surface area contributed by atoms with Crippen LogP contribution in [-0.2, 0) is 0 Å². The van der Waals surface area contributed by atoms with Crippen LogP contribution in [0.2, 0.25) is 0 Å². The van der Waals surface area contributed by atoms with Crippen molar-refractivity contribution in [2.45, 2.75) is 39.7 Å². The summed E-state index contributed by atoms with van der Waals surface area (Å²) in [6.07, 6.45) is 6.88. The predicted molar refractivity (Wildman–Crippen MR) is 52.6 cm³/mol. The fourth-order valence-corrected chi connectivity index (χ4v) is 1.44. The molecule has 0 radical (unpaired) electrons. The summed E-state index contributed by atoms with van der Waals surface area (Å²) in [4.78, 5) is 4.77. The third-order valence-corrected chi connectivity index (χ3v) is 2.48. The zero-order valence-corrected chi connectivity index (χ0v) is 8.45. The average Bonchev–Trinajstić information content (AvgIpc) is 2.52. The van der Waals surface area contributed by atoms with Crippen LogP contribution >= 0.6 is 0 Å². The van der Waals surface area contributed by atoms with Gasteiger partial charge in [0.1, 0.15) is 0 Å². The van der Waals surface area contributed by atoms with Crippen molar-refractivity contribution in [2.24, 2.45) is 0 Å². The molecule has 0 bridgehead atoms. The van der Waals surface area contributed by atoms with Crippen LogP contribution in [0.25, 0.3) is 0 Å². The first-order valence-electron chi connectivity index (χ1n) is 4.96. The molecule has 2 heteroatoms. The lowest BCUT2D eigenvalue weighted by atomic mass is 10.2. The van der Waals surface area contributed by atoms with E-state index < -0.39 is 0 Å². The standard InChI is InChI=1S/C10H20N2/c1-4-6-11-7-8-12(9-11)10(3)5-2/h7-8,10H,4-6,9H2,1-3H3. The molecule has 12 heavy (non-hydrogen) atoms. The summed E-state index contributed by atoms with van der Waals surface area (Å²) in [5.74, 6) is 0. The van der Waals surface area contributed by atoms with E-state index in [0.717, 1.165) is 6.67 Å². The lowest BCUT2D eigenvalue weighted by Gasteiger charge is -2.25. The van der Waals surface area contributed by atoms with E-state index in [4.69, 9.17) is 0 Å². The van der Waals surface area contributed by atoms with Crippen LogP contribution in [0.4, 0.5) is 0 Å². The normalized spacial score (nSPS) is 18.9. The SMILES string of the molecule is CCCN1C=CN(C(C)CC)C1. The highest BCUT2D eigenvalue weighted by atomic mass is 15.3. The van der Waals surface area contributed by atoms with Crippen molar-refractivity contribution >= 4 is 0 Å². The molecule has 0 aromatic rings. The molecular weight excluding hydrogens is 148 g/mol. The summed E-state index contributed by atoms with van der Waals surface area (Å²) in [6, 6.07) is 0.683. The molecule has 0 N–H and O–H groups in total. The second-order valence-electron chi connectivity index (χ2n) is 3.52. The van der Waals surface area contributed by atoms with Crippen molar-refractivity contribution < 1.29 is 0 Å². The fourth-order valence-electron chi connectivity index (χ4n) is 1.44. The number of nitrogens with zero attached hydrogens (tertiary/aromatic N) is 2. The first-order chi connectivity index (χ1) is 5.77. The monoisotopic (exact) mass is 168 g/mol. The molecule has 70 valence electrons. The van der Waals surface area contributed by atoms with Gasteiger partial charge >= 0.3 is 0 Å². The third-order valence-electron chi connectivity index (χ3n) is 2.48. The highest BCUT2D eigenvalue weighted by molar-refractivity contribution is 4.92. The molecule has 0 saturated carbocycles. The smallest absolute Gasteiger partial charge is 0.0896 e. The zero-order valence-electron chi connectivity index (χ0n) is 8.45. The van der Waals surface area contributed by atoms with Crippen LogP contribution in [0, 0.1) is 0 Å². The van der Waals surface area contributed by atoms with Gasteiger partial charge in [0.15, 0.2) is 0 Å². The molecule has 1 atom stereocenters. The number of hydrogen-bond donors (Lipinski definition) is 0. The summed E-state index contributed by atoms with van der Waals surface area (Å²) >= 11 is 0. The maximum Gasteiger partial charge on any atom is 0.0896 e. The van der Waals surface area contributed by atoms with Crippen molar-refractivity contribution in [3.8, 4) is 0 Å². The van der Waals surface area contributed by atoms with Gasteiger partial charge in [-0.2, -0.15) is 0 Å². The molecular formula is C10H20N2. The Balaban J connectivity index is 2.31. The van der Waals surface area contributed by atoms with Crippen molar-refractivity contribution in [3.63, 3.8) is 0 Å². The van der Waals surface area contributed by atoms with Crippen LogP contribution in [0.3, 0.4) is 0 Å². The summed E-state index contributed by atoms with van der Waals surface area (Å²) in [7, 11) is 0. The van der Waals surface area contributed by atoms with Gasteiger partial charge in [-0.05, 0) is 19.8 Å². The van der Waals surface area contributed by atoms with Crippen LogP contribution < -0.4 is 0 Å². The Morgan fingerprint density at radius 3 is 2.67 bits per heavy atom. The molecule has 2 nitrogen and oxygen atoms in total. The van der Waals surface area contributed by atoms with Gasteiger partial charge in [-0.15, -0.1) is 0 Å². The van der Waals surface area contributed by atoms with Gasteiger partial charge < -0.3 is 9.80 Å². The van der Waals surface area contributed by atoms with Gasteiger partial charge in [-0.1, -0.05) is 13.8 Å². The van der Waals surface area contributed by atoms with E-state index >= 15 is 0 Å². The van der Waals surface area contributed by atoms with Crippen molar-refractivity contribution in [1.82, 2.24) is 9.80 Å². The van der Waals surface area contributed by atoms with E-state index in [1.165, 1.54) is 19.4 Å². The topological polar surface area (TPSA) is 6.48 Å². The maximum atomic E-state index is 2.40. The molecule has 0 fully saturated rings. The Hall–Kier alpha value is -0.660. The Labute approximate surface area is 75.8 Å². The molecule has 0 saturated heterocycles. The first-order valence-corrected chi connectivity index (χ1v) is 4.96. The summed E-state index contributed by atoms with van der Waals surface area (Å²) in [5.41, 5.74) is 0. The molecule has 1 unspecified atom stereocenters. The van der Waals surface area contributed by atoms with E-state index in [9.17, 15) is 0 Å². The van der Waals surface area contributed by atoms with Gasteiger partial charge in [0.05, 0.1) is 6.67 Å². The van der Waals surface area contributed by atoms with Crippen molar-refractivity contribution in [2.75, 3.05) is 13.2 Å². The second kappa shape index (κ2) is 4.39. The molecule has 1 heterocycles. The van der Waals surface area contributed by atoms with E-state index in [-0.39, 0.29) is 0 Å². The van der Waals surface area contributed by atoms with E-state index in [1.54, 1.807) is 0 Å². The Morgan fingerprint density at radius 1 is 1.33 bits per heavy atom. The minimum atomic E-state index is 0.683. The molecule has 1 aliphatic heterocycles. The second-order valence-corrected chi connectivity index (χ2v) is 3.52. The quantitative estimate of drug-likeness (QED) is 0.635. The van der Waals surface area contributed by atoms with E-state index in [1.807, 2.05) is 0 Å². The summed E-state index contributed by atoms with van der Waals surface area (Å²) in [5, 5.41) is 0. The van der Waals surface area contributed by atoms with Crippen molar-refractivity contribution in [3.05, 3.63) is 12.4 Å². The third kappa shape index (κ3) is 2.16. The molecule has 0 amide bonds. The lowest BCUT2D eigenvalue weighted by molar-refractivity contribution is 0.217. The van der Waals surface area contributed by atoms with Gasteiger partial charge in [-0.3, -0.25) is 0 Å². The first kappa shape index (κ1) is 9.43. The highest BCUT2D eigenvalue weighted by Gasteiger charge is 2.14. The van der Waals surface area contributed by atoms with Gasteiger partial charge in [0.25, 0.3) is 0 Å². The Morgan fingerprint density at radius 2 is 2.08 bits per heavy atom. The summed E-state index contributed by atoms with van der Waals surface area (Å²) in [6.45, 7) is 9.01. The Bertz CT molecular complexity index is 154. The van der Waals surface area contributed by atoms with E-state index in [2.05, 4.69) is 43.0 Å². The molecule has 0 aromatic heterocycles. The van der Waals surface area contributed by atoms with Crippen LogP contribution in [0.15, 0.2) is 12.4 Å². The van der Waals surface area contributed by atoms with Gasteiger partial charge in [0, 0.05) is 25.0 Å². The predicted octanol–water partition coefficient (Wildman–Crippen LogP) is 2.24. The lowest BCUT2D eigenvalue weighted by Crippen LogP contribution is -2.31. The van der Waals surface area contributed by atoms with Gasteiger partial charge in [-0.25, -0.2) is 0 Å². The molecule has 0 aliphatic carbocycles. The summed E-state index contributed by atoms with van der Waals surface area (Å²) < 4.78 is 0. The zero-order chi connectivity index (χ0) is 8.97. The molecule has 1 rings (SSSR count). The largest absolute Gasteiger partial charge is 0.359 e. The maximum absolute atomic E-state index is 2.40. The minimum Gasteiger partial charge on any atom is -0.359 e. The molecule has 0 aromatic carbocycles. The fraction of sp³-hybridized carbons (Fsp3) is 0.800. The van der Waals surface area contributed by atoms with E-state index in [0.29, 0.717) is 6.04 Å².